The zero-order valence-electron chi connectivity index (χ0n) is 12.0. The Morgan fingerprint density at radius 1 is 1.35 bits per heavy atom. The van der Waals surface area contributed by atoms with Crippen LogP contribution in [-0.2, 0) is 4.79 Å². The van der Waals surface area contributed by atoms with Crippen molar-refractivity contribution < 1.29 is 13.6 Å². The molecule has 0 aromatic heterocycles. The Hall–Kier alpha value is -1.49. The number of aryl methyl sites for hydroxylation is 1. The van der Waals surface area contributed by atoms with Gasteiger partial charge in [-0.3, -0.25) is 4.79 Å². The van der Waals surface area contributed by atoms with Crippen molar-refractivity contribution in [2.24, 2.45) is 5.41 Å². The molecule has 110 valence electrons. The molecule has 0 spiro atoms. The van der Waals surface area contributed by atoms with Gasteiger partial charge in [0, 0.05) is 6.07 Å². The van der Waals surface area contributed by atoms with E-state index in [9.17, 15) is 13.6 Å². The standard InChI is InChI=1S/C15H20F2N2O/c1-9-7-11(17)12(8-10(9)16)19-14(20)13-15(2,3)5-4-6-18-13/h7-8,13,18H,4-6H2,1-3H3,(H,19,20). The van der Waals surface area contributed by atoms with Crippen LogP contribution in [0.15, 0.2) is 12.1 Å². The maximum Gasteiger partial charge on any atom is 0.242 e. The number of carbonyl (C=O) groups is 1. The summed E-state index contributed by atoms with van der Waals surface area (Å²) in [5.41, 5.74) is -0.0971. The minimum Gasteiger partial charge on any atom is -0.322 e. The molecule has 1 aromatic rings. The molecule has 1 atom stereocenters. The fraction of sp³-hybridized carbons (Fsp3) is 0.533. The molecule has 0 aliphatic carbocycles. The predicted molar refractivity (Wildman–Crippen MR) is 74.5 cm³/mol. The van der Waals surface area contributed by atoms with E-state index in [-0.39, 0.29) is 22.6 Å². The molecule has 3 nitrogen and oxygen atoms in total. The van der Waals surface area contributed by atoms with Gasteiger partial charge in [0.05, 0.1) is 11.7 Å². The number of piperidine rings is 1. The summed E-state index contributed by atoms with van der Waals surface area (Å²) in [4.78, 5) is 12.3. The third-order valence-electron chi connectivity index (χ3n) is 3.90. The molecule has 1 heterocycles. The van der Waals surface area contributed by atoms with Gasteiger partial charge in [-0.15, -0.1) is 0 Å². The van der Waals surface area contributed by atoms with Gasteiger partial charge in [0.1, 0.15) is 11.6 Å². The Bertz CT molecular complexity index is 529. The first-order chi connectivity index (χ1) is 9.31. The average molecular weight is 282 g/mol. The van der Waals surface area contributed by atoms with Crippen molar-refractivity contribution in [1.82, 2.24) is 5.32 Å². The van der Waals surface area contributed by atoms with E-state index in [4.69, 9.17) is 0 Å². The van der Waals surface area contributed by atoms with Crippen LogP contribution in [0.1, 0.15) is 32.3 Å². The summed E-state index contributed by atoms with van der Waals surface area (Å²) < 4.78 is 27.2. The molecule has 2 rings (SSSR count). The normalized spacial score (nSPS) is 21.6. The second kappa shape index (κ2) is 5.48. The molecule has 20 heavy (non-hydrogen) atoms. The van der Waals surface area contributed by atoms with Gasteiger partial charge in [0.15, 0.2) is 0 Å². The molecular formula is C15H20F2N2O. The van der Waals surface area contributed by atoms with E-state index >= 15 is 0 Å². The summed E-state index contributed by atoms with van der Waals surface area (Å²) in [5, 5.41) is 5.63. The lowest BCUT2D eigenvalue weighted by Gasteiger charge is -2.38. The molecule has 2 N–H and O–H groups in total. The molecule has 1 aliphatic rings. The first-order valence-electron chi connectivity index (χ1n) is 6.81. The largest absolute Gasteiger partial charge is 0.322 e. The van der Waals surface area contributed by atoms with Crippen molar-refractivity contribution in [2.45, 2.75) is 39.7 Å². The van der Waals surface area contributed by atoms with Crippen molar-refractivity contribution in [3.8, 4) is 0 Å². The molecule has 1 saturated heterocycles. The van der Waals surface area contributed by atoms with Crippen molar-refractivity contribution >= 4 is 11.6 Å². The predicted octanol–water partition coefficient (Wildman–Crippen LogP) is 2.99. The van der Waals surface area contributed by atoms with E-state index in [0.717, 1.165) is 31.5 Å². The van der Waals surface area contributed by atoms with Gasteiger partial charge in [-0.05, 0) is 43.4 Å². The highest BCUT2D eigenvalue weighted by molar-refractivity contribution is 5.95. The molecule has 5 heteroatoms. The van der Waals surface area contributed by atoms with Crippen molar-refractivity contribution in [3.63, 3.8) is 0 Å². The van der Waals surface area contributed by atoms with Crippen LogP contribution in [0, 0.1) is 24.0 Å². The molecule has 1 unspecified atom stereocenters. The molecule has 0 saturated carbocycles. The van der Waals surface area contributed by atoms with E-state index in [2.05, 4.69) is 10.6 Å². The number of rotatable bonds is 2. The third kappa shape index (κ3) is 2.98. The van der Waals surface area contributed by atoms with Gasteiger partial charge in [0.2, 0.25) is 5.91 Å². The topological polar surface area (TPSA) is 41.1 Å². The fourth-order valence-corrected chi connectivity index (χ4v) is 2.61. The maximum atomic E-state index is 13.7. The summed E-state index contributed by atoms with van der Waals surface area (Å²) in [6.45, 7) is 6.23. The summed E-state index contributed by atoms with van der Waals surface area (Å²) in [5.74, 6) is -1.47. The van der Waals surface area contributed by atoms with Gasteiger partial charge in [-0.2, -0.15) is 0 Å². The SMILES string of the molecule is Cc1cc(F)c(NC(=O)C2NCCCC2(C)C)cc1F. The van der Waals surface area contributed by atoms with E-state index in [1.807, 2.05) is 13.8 Å². The smallest absolute Gasteiger partial charge is 0.242 e. The molecule has 0 bridgehead atoms. The van der Waals surface area contributed by atoms with Crippen LogP contribution >= 0.6 is 0 Å². The lowest BCUT2D eigenvalue weighted by Crippen LogP contribution is -2.53. The Balaban J connectivity index is 2.17. The fourth-order valence-electron chi connectivity index (χ4n) is 2.61. The third-order valence-corrected chi connectivity index (χ3v) is 3.90. The molecule has 1 fully saturated rings. The Morgan fingerprint density at radius 2 is 2.05 bits per heavy atom. The van der Waals surface area contributed by atoms with Gasteiger partial charge < -0.3 is 10.6 Å². The molecule has 0 radical (unpaired) electrons. The number of anilines is 1. The molecule has 1 aliphatic heterocycles. The number of amides is 1. The van der Waals surface area contributed by atoms with Crippen molar-refractivity contribution in [3.05, 3.63) is 29.3 Å². The van der Waals surface area contributed by atoms with E-state index in [1.165, 1.54) is 6.92 Å². The summed E-state index contributed by atoms with van der Waals surface area (Å²) in [6.07, 6.45) is 1.92. The van der Waals surface area contributed by atoms with Gasteiger partial charge in [-0.1, -0.05) is 13.8 Å². The maximum absolute atomic E-state index is 13.7. The number of nitrogens with one attached hydrogen (secondary N) is 2. The number of hydrogen-bond acceptors (Lipinski definition) is 2. The van der Waals surface area contributed by atoms with Crippen molar-refractivity contribution in [2.75, 3.05) is 11.9 Å². The highest BCUT2D eigenvalue weighted by Gasteiger charge is 2.37. The Labute approximate surface area is 117 Å². The lowest BCUT2D eigenvalue weighted by molar-refractivity contribution is -0.121. The average Bonchev–Trinajstić information content (AvgIpc) is 2.35. The second-order valence-electron chi connectivity index (χ2n) is 6.05. The quantitative estimate of drug-likeness (QED) is 0.875. The molecule has 1 amide bonds. The van der Waals surface area contributed by atoms with Crippen molar-refractivity contribution in [1.29, 1.82) is 0 Å². The molecular weight excluding hydrogens is 262 g/mol. The minimum atomic E-state index is -0.620. The monoisotopic (exact) mass is 282 g/mol. The summed E-state index contributed by atoms with van der Waals surface area (Å²) in [6, 6.07) is 1.71. The van der Waals surface area contributed by atoms with E-state index in [0.29, 0.717) is 0 Å². The van der Waals surface area contributed by atoms with E-state index in [1.54, 1.807) is 0 Å². The van der Waals surface area contributed by atoms with Crippen LogP contribution < -0.4 is 10.6 Å². The zero-order chi connectivity index (χ0) is 14.9. The first-order valence-corrected chi connectivity index (χ1v) is 6.81. The minimum absolute atomic E-state index is 0.110. The lowest BCUT2D eigenvalue weighted by atomic mass is 9.77. The highest BCUT2D eigenvalue weighted by Crippen LogP contribution is 2.31. The van der Waals surface area contributed by atoms with Crippen LogP contribution in [-0.4, -0.2) is 18.5 Å². The zero-order valence-corrected chi connectivity index (χ0v) is 12.0. The number of hydrogen-bond donors (Lipinski definition) is 2. The van der Waals surface area contributed by atoms with E-state index < -0.39 is 17.7 Å². The Kier molecular flexibility index (Phi) is 4.09. The Morgan fingerprint density at radius 3 is 2.70 bits per heavy atom. The summed E-state index contributed by atoms with van der Waals surface area (Å²) in [7, 11) is 0. The number of benzene rings is 1. The van der Waals surface area contributed by atoms with Crippen LogP contribution in [0.4, 0.5) is 14.5 Å². The van der Waals surface area contributed by atoms with Crippen LogP contribution in [0.3, 0.4) is 0 Å². The van der Waals surface area contributed by atoms with Crippen LogP contribution in [0.2, 0.25) is 0 Å². The number of halogens is 2. The number of carbonyl (C=O) groups excluding carboxylic acids is 1. The highest BCUT2D eigenvalue weighted by atomic mass is 19.1. The molecule has 1 aromatic carbocycles. The summed E-state index contributed by atoms with van der Waals surface area (Å²) >= 11 is 0. The second-order valence-corrected chi connectivity index (χ2v) is 6.05. The van der Waals surface area contributed by atoms with Gasteiger partial charge >= 0.3 is 0 Å². The first kappa shape index (κ1) is 14.9. The van der Waals surface area contributed by atoms with Crippen LogP contribution in [0.25, 0.3) is 0 Å². The van der Waals surface area contributed by atoms with Gasteiger partial charge in [0.25, 0.3) is 0 Å². The van der Waals surface area contributed by atoms with Crippen LogP contribution in [0.5, 0.6) is 0 Å². The van der Waals surface area contributed by atoms with Gasteiger partial charge in [-0.25, -0.2) is 8.78 Å².